The molecule has 0 unspecified atom stereocenters. The summed E-state index contributed by atoms with van der Waals surface area (Å²) < 4.78 is 13.2. The van der Waals surface area contributed by atoms with E-state index < -0.39 is 0 Å². The van der Waals surface area contributed by atoms with Crippen LogP contribution in [0, 0.1) is 17.1 Å². The summed E-state index contributed by atoms with van der Waals surface area (Å²) >= 11 is 0. The summed E-state index contributed by atoms with van der Waals surface area (Å²) in [5, 5.41) is 22.3. The Morgan fingerprint density at radius 3 is 2.50 bits per heavy atom. The second-order valence-corrected chi connectivity index (χ2v) is 9.49. The van der Waals surface area contributed by atoms with Crippen LogP contribution in [-0.4, -0.2) is 59.3 Å². The number of rotatable bonds is 4. The van der Waals surface area contributed by atoms with Gasteiger partial charge in [-0.1, -0.05) is 36.4 Å². The van der Waals surface area contributed by atoms with Crippen molar-refractivity contribution in [2.75, 3.05) is 31.6 Å². The quantitative estimate of drug-likeness (QED) is 0.557. The molecule has 2 saturated heterocycles. The van der Waals surface area contributed by atoms with Crippen LogP contribution in [0.4, 0.5) is 14.9 Å². The van der Waals surface area contributed by atoms with Gasteiger partial charge >= 0.3 is 6.03 Å². The molecule has 0 aromatic heterocycles. The predicted molar refractivity (Wildman–Crippen MR) is 137 cm³/mol. The van der Waals surface area contributed by atoms with Gasteiger partial charge in [0.15, 0.2) is 0 Å². The molecule has 2 aliphatic heterocycles. The van der Waals surface area contributed by atoms with Crippen molar-refractivity contribution in [1.29, 1.82) is 5.26 Å². The van der Waals surface area contributed by atoms with Crippen molar-refractivity contribution >= 4 is 11.7 Å². The van der Waals surface area contributed by atoms with E-state index in [-0.39, 0.29) is 36.5 Å². The number of aliphatic hydroxyl groups is 1. The highest BCUT2D eigenvalue weighted by Gasteiger charge is 2.49. The first-order valence-corrected chi connectivity index (χ1v) is 12.4. The molecule has 2 N–H and O–H groups in total. The summed E-state index contributed by atoms with van der Waals surface area (Å²) in [5.41, 5.74) is 4.35. The van der Waals surface area contributed by atoms with Crippen LogP contribution in [0.5, 0.6) is 0 Å². The van der Waals surface area contributed by atoms with E-state index in [9.17, 15) is 19.6 Å². The molecule has 5 rings (SSSR count). The number of carbonyl (C=O) groups excluding carboxylic acids is 1. The van der Waals surface area contributed by atoms with E-state index in [0.29, 0.717) is 24.3 Å². The Kier molecular flexibility index (Phi) is 6.99. The largest absolute Gasteiger partial charge is 0.395 e. The zero-order valence-corrected chi connectivity index (χ0v) is 20.0. The van der Waals surface area contributed by atoms with E-state index in [1.807, 2.05) is 23.1 Å². The first kappa shape index (κ1) is 24.0. The molecular weight excluding hydrogens is 455 g/mol. The molecule has 0 bridgehead atoms. The maximum Gasteiger partial charge on any atom is 0.321 e. The summed E-state index contributed by atoms with van der Waals surface area (Å²) in [5.74, 6) is -0.236. The predicted octanol–water partition coefficient (Wildman–Crippen LogP) is 4.82. The maximum atomic E-state index is 13.2. The topological polar surface area (TPSA) is 79.6 Å². The highest BCUT2D eigenvalue weighted by Crippen LogP contribution is 2.42. The van der Waals surface area contributed by atoms with Crippen molar-refractivity contribution in [3.05, 3.63) is 89.7 Å². The first-order valence-electron chi connectivity index (χ1n) is 12.4. The molecule has 2 amide bonds. The molecule has 36 heavy (non-hydrogen) atoms. The Bertz CT molecular complexity index is 1260. The SMILES string of the molecule is N#Cc1cccc(-c2ccc([C@@H]3[C@@H](CO)N4CCCCN(C(=O)Nc5ccc(F)cc5)C[C@H]34)cc2)c1. The molecule has 6 nitrogen and oxygen atoms in total. The molecule has 2 fully saturated rings. The van der Waals surface area contributed by atoms with Gasteiger partial charge in [-0.05, 0) is 72.5 Å². The summed E-state index contributed by atoms with van der Waals surface area (Å²) in [6.45, 7) is 2.18. The Morgan fingerprint density at radius 1 is 1.03 bits per heavy atom. The normalized spacial score (nSPS) is 21.9. The third-order valence-corrected chi connectivity index (χ3v) is 7.37. The zero-order valence-electron chi connectivity index (χ0n) is 20.0. The van der Waals surface area contributed by atoms with Crippen molar-refractivity contribution in [2.45, 2.75) is 30.8 Å². The molecule has 7 heteroatoms. The fourth-order valence-corrected chi connectivity index (χ4v) is 5.53. The number of hydrogen-bond donors (Lipinski definition) is 2. The van der Waals surface area contributed by atoms with Crippen molar-refractivity contribution in [1.82, 2.24) is 9.80 Å². The fourth-order valence-electron chi connectivity index (χ4n) is 5.53. The van der Waals surface area contributed by atoms with E-state index >= 15 is 0 Å². The standard InChI is InChI=1S/C29H29FN4O2/c30-24-10-12-25(13-11-24)32-29(36)33-14-1-2-15-34-26(18-33)28(27(34)19-35)22-8-6-21(7-9-22)23-5-3-4-20(16-23)17-31/h3-13,16,26-28,35H,1-2,14-15,18-19H2,(H,32,36)/t26-,27-,28+/m1/s1. The highest BCUT2D eigenvalue weighted by molar-refractivity contribution is 5.89. The van der Waals surface area contributed by atoms with Crippen LogP contribution >= 0.6 is 0 Å². The number of hydrogen-bond acceptors (Lipinski definition) is 4. The fraction of sp³-hybridized carbons (Fsp3) is 0.310. The van der Waals surface area contributed by atoms with Gasteiger partial charge in [0.25, 0.3) is 0 Å². The van der Waals surface area contributed by atoms with Crippen LogP contribution in [0.15, 0.2) is 72.8 Å². The van der Waals surface area contributed by atoms with Crippen LogP contribution in [0.2, 0.25) is 0 Å². The second kappa shape index (κ2) is 10.5. The Hall–Kier alpha value is -3.73. The van der Waals surface area contributed by atoms with Gasteiger partial charge in [-0.3, -0.25) is 4.90 Å². The van der Waals surface area contributed by atoms with Crippen LogP contribution in [-0.2, 0) is 0 Å². The minimum atomic E-state index is -0.342. The van der Waals surface area contributed by atoms with Crippen molar-refractivity contribution in [2.24, 2.45) is 0 Å². The summed E-state index contributed by atoms with van der Waals surface area (Å²) in [4.78, 5) is 17.2. The van der Waals surface area contributed by atoms with Gasteiger partial charge in [0, 0.05) is 36.8 Å². The summed E-state index contributed by atoms with van der Waals surface area (Å²) in [7, 11) is 0. The van der Waals surface area contributed by atoms with Crippen molar-refractivity contribution in [3.63, 3.8) is 0 Å². The lowest BCUT2D eigenvalue weighted by Crippen LogP contribution is -2.68. The maximum absolute atomic E-state index is 13.2. The van der Waals surface area contributed by atoms with E-state index in [1.54, 1.807) is 18.2 Å². The molecule has 2 aliphatic rings. The third-order valence-electron chi connectivity index (χ3n) is 7.37. The van der Waals surface area contributed by atoms with Gasteiger partial charge in [-0.15, -0.1) is 0 Å². The minimum Gasteiger partial charge on any atom is -0.395 e. The monoisotopic (exact) mass is 484 g/mol. The van der Waals surface area contributed by atoms with Crippen LogP contribution in [0.25, 0.3) is 11.1 Å². The average Bonchev–Trinajstić information content (AvgIpc) is 2.89. The average molecular weight is 485 g/mol. The number of aliphatic hydroxyl groups excluding tert-OH is 1. The Balaban J connectivity index is 1.34. The van der Waals surface area contributed by atoms with Gasteiger partial charge in [0.2, 0.25) is 0 Å². The number of nitriles is 1. The number of nitrogens with one attached hydrogen (secondary N) is 1. The Morgan fingerprint density at radius 2 is 1.78 bits per heavy atom. The number of fused-ring (bicyclic) bond motifs is 1. The van der Waals surface area contributed by atoms with Crippen molar-refractivity contribution < 1.29 is 14.3 Å². The van der Waals surface area contributed by atoms with E-state index in [2.05, 4.69) is 40.6 Å². The number of nitrogens with zero attached hydrogens (tertiary/aromatic N) is 3. The molecule has 184 valence electrons. The molecule has 0 radical (unpaired) electrons. The molecule has 2 heterocycles. The number of amides is 2. The summed E-state index contributed by atoms with van der Waals surface area (Å²) in [6.07, 6.45) is 1.84. The smallest absolute Gasteiger partial charge is 0.321 e. The lowest BCUT2D eigenvalue weighted by Gasteiger charge is -2.57. The van der Waals surface area contributed by atoms with E-state index in [0.717, 1.165) is 36.1 Å². The van der Waals surface area contributed by atoms with E-state index in [1.165, 1.54) is 12.1 Å². The molecule has 0 saturated carbocycles. The number of benzene rings is 3. The van der Waals surface area contributed by atoms with Gasteiger partial charge < -0.3 is 15.3 Å². The molecule has 3 aromatic rings. The zero-order chi connectivity index (χ0) is 25.1. The third kappa shape index (κ3) is 4.83. The van der Waals surface area contributed by atoms with Gasteiger partial charge in [-0.25, -0.2) is 9.18 Å². The van der Waals surface area contributed by atoms with Crippen LogP contribution in [0.1, 0.15) is 29.9 Å². The summed E-state index contributed by atoms with van der Waals surface area (Å²) in [6, 6.07) is 23.8. The van der Waals surface area contributed by atoms with Gasteiger partial charge in [0.05, 0.1) is 18.2 Å². The van der Waals surface area contributed by atoms with Gasteiger partial charge in [0.1, 0.15) is 5.82 Å². The molecule has 0 spiro atoms. The number of anilines is 1. The number of carbonyl (C=O) groups is 1. The number of urea groups is 1. The van der Waals surface area contributed by atoms with Crippen LogP contribution < -0.4 is 5.32 Å². The van der Waals surface area contributed by atoms with Crippen molar-refractivity contribution in [3.8, 4) is 17.2 Å². The first-order chi connectivity index (χ1) is 17.6. The Labute approximate surface area is 210 Å². The molecular formula is C29H29FN4O2. The van der Waals surface area contributed by atoms with Crippen LogP contribution in [0.3, 0.4) is 0 Å². The lowest BCUT2D eigenvalue weighted by atomic mass is 9.74. The number of halogens is 1. The molecule has 3 aromatic carbocycles. The lowest BCUT2D eigenvalue weighted by molar-refractivity contribution is -0.0585. The van der Waals surface area contributed by atoms with E-state index in [4.69, 9.17) is 0 Å². The highest BCUT2D eigenvalue weighted by atomic mass is 19.1. The second-order valence-electron chi connectivity index (χ2n) is 9.49. The van der Waals surface area contributed by atoms with Gasteiger partial charge in [-0.2, -0.15) is 5.26 Å². The minimum absolute atomic E-state index is 0.0166. The molecule has 0 aliphatic carbocycles. The molecule has 3 atom stereocenters.